The zero-order chi connectivity index (χ0) is 9.23. The SMILES string of the molecule is CCCCCCCCNS(=O)O. The van der Waals surface area contributed by atoms with Gasteiger partial charge in [-0.3, -0.25) is 4.55 Å². The van der Waals surface area contributed by atoms with Gasteiger partial charge in [0.05, 0.1) is 0 Å². The van der Waals surface area contributed by atoms with Gasteiger partial charge < -0.3 is 0 Å². The van der Waals surface area contributed by atoms with Gasteiger partial charge in [-0.2, -0.15) is 0 Å². The van der Waals surface area contributed by atoms with E-state index in [-0.39, 0.29) is 0 Å². The highest BCUT2D eigenvalue weighted by Gasteiger charge is 1.92. The van der Waals surface area contributed by atoms with Crippen molar-refractivity contribution in [2.75, 3.05) is 6.54 Å². The van der Waals surface area contributed by atoms with Crippen molar-refractivity contribution in [3.05, 3.63) is 0 Å². The van der Waals surface area contributed by atoms with Gasteiger partial charge in [-0.15, -0.1) is 0 Å². The summed E-state index contributed by atoms with van der Waals surface area (Å²) in [6.07, 6.45) is 7.25. The number of unbranched alkanes of at least 4 members (excludes halogenated alkanes) is 5. The highest BCUT2D eigenvalue weighted by atomic mass is 32.2. The minimum Gasteiger partial charge on any atom is -0.294 e. The van der Waals surface area contributed by atoms with Crippen molar-refractivity contribution in [1.82, 2.24) is 4.72 Å². The fraction of sp³-hybridized carbons (Fsp3) is 1.00. The van der Waals surface area contributed by atoms with Crippen molar-refractivity contribution >= 4 is 11.3 Å². The molecule has 1 atom stereocenters. The van der Waals surface area contributed by atoms with E-state index in [2.05, 4.69) is 11.6 Å². The van der Waals surface area contributed by atoms with Gasteiger partial charge in [0.2, 0.25) is 11.3 Å². The van der Waals surface area contributed by atoms with E-state index in [1.807, 2.05) is 0 Å². The lowest BCUT2D eigenvalue weighted by Gasteiger charge is -1.99. The van der Waals surface area contributed by atoms with E-state index in [1.54, 1.807) is 0 Å². The van der Waals surface area contributed by atoms with Crippen molar-refractivity contribution < 1.29 is 8.76 Å². The summed E-state index contributed by atoms with van der Waals surface area (Å²) < 4.78 is 21.0. The predicted molar refractivity (Wildman–Crippen MR) is 52.1 cm³/mol. The fourth-order valence-corrected chi connectivity index (χ4v) is 1.38. The first kappa shape index (κ1) is 12.1. The Kier molecular flexibility index (Phi) is 9.21. The molecule has 3 nitrogen and oxygen atoms in total. The summed E-state index contributed by atoms with van der Waals surface area (Å²) >= 11 is -1.82. The molecule has 0 aliphatic carbocycles. The molecular formula is C8H19NO2S. The van der Waals surface area contributed by atoms with Crippen LogP contribution in [-0.2, 0) is 11.3 Å². The van der Waals surface area contributed by atoms with Gasteiger partial charge in [0.1, 0.15) is 0 Å². The van der Waals surface area contributed by atoms with Crippen molar-refractivity contribution in [3.8, 4) is 0 Å². The van der Waals surface area contributed by atoms with Crippen LogP contribution in [0.15, 0.2) is 0 Å². The third-order valence-corrected chi connectivity index (χ3v) is 2.21. The standard InChI is InChI=1S/C8H19NO2S/c1-2-3-4-5-6-7-8-9-12(10)11/h9H,2-8H2,1H3,(H,10,11). The topological polar surface area (TPSA) is 49.3 Å². The molecule has 0 fully saturated rings. The molecular weight excluding hydrogens is 174 g/mol. The molecule has 0 rings (SSSR count). The molecule has 1 unspecified atom stereocenters. The number of hydrogen-bond donors (Lipinski definition) is 2. The summed E-state index contributed by atoms with van der Waals surface area (Å²) in [5.74, 6) is 0. The van der Waals surface area contributed by atoms with Crippen molar-refractivity contribution in [2.24, 2.45) is 0 Å². The van der Waals surface area contributed by atoms with E-state index in [4.69, 9.17) is 4.55 Å². The highest BCUT2D eigenvalue weighted by molar-refractivity contribution is 7.77. The van der Waals surface area contributed by atoms with E-state index in [1.165, 1.54) is 25.7 Å². The van der Waals surface area contributed by atoms with Crippen LogP contribution >= 0.6 is 0 Å². The van der Waals surface area contributed by atoms with Gasteiger partial charge in [0.25, 0.3) is 0 Å². The lowest BCUT2D eigenvalue weighted by molar-refractivity contribution is 0.541. The Morgan fingerprint density at radius 3 is 2.33 bits per heavy atom. The van der Waals surface area contributed by atoms with Crippen LogP contribution in [0.5, 0.6) is 0 Å². The van der Waals surface area contributed by atoms with Crippen molar-refractivity contribution in [2.45, 2.75) is 45.4 Å². The fourth-order valence-electron chi connectivity index (χ4n) is 1.06. The first-order chi connectivity index (χ1) is 5.77. The molecule has 0 radical (unpaired) electrons. The molecule has 74 valence electrons. The number of nitrogens with one attached hydrogen (secondary N) is 1. The highest BCUT2D eigenvalue weighted by Crippen LogP contribution is 2.03. The van der Waals surface area contributed by atoms with E-state index >= 15 is 0 Å². The van der Waals surface area contributed by atoms with E-state index < -0.39 is 11.3 Å². The van der Waals surface area contributed by atoms with Crippen LogP contribution in [-0.4, -0.2) is 15.3 Å². The zero-order valence-electron chi connectivity index (χ0n) is 7.71. The van der Waals surface area contributed by atoms with E-state index in [0.29, 0.717) is 6.54 Å². The maximum Gasteiger partial charge on any atom is 0.231 e. The van der Waals surface area contributed by atoms with Gasteiger partial charge in [-0.1, -0.05) is 39.0 Å². The van der Waals surface area contributed by atoms with Gasteiger partial charge in [0.15, 0.2) is 0 Å². The Morgan fingerprint density at radius 1 is 1.17 bits per heavy atom. The van der Waals surface area contributed by atoms with Gasteiger partial charge in [0, 0.05) is 6.54 Å². The third kappa shape index (κ3) is 10.1. The van der Waals surface area contributed by atoms with Crippen LogP contribution in [0.3, 0.4) is 0 Å². The van der Waals surface area contributed by atoms with Crippen LogP contribution < -0.4 is 4.72 Å². The zero-order valence-corrected chi connectivity index (χ0v) is 8.53. The van der Waals surface area contributed by atoms with Crippen LogP contribution in [0.1, 0.15) is 45.4 Å². The number of rotatable bonds is 8. The smallest absolute Gasteiger partial charge is 0.231 e. The quantitative estimate of drug-likeness (QED) is 0.458. The molecule has 0 saturated heterocycles. The second-order valence-corrected chi connectivity index (χ2v) is 3.70. The molecule has 0 aromatic heterocycles. The minimum atomic E-state index is -1.82. The maximum atomic E-state index is 10.1. The van der Waals surface area contributed by atoms with Crippen LogP contribution in [0, 0.1) is 0 Å². The lowest BCUT2D eigenvalue weighted by Crippen LogP contribution is -2.17. The second-order valence-electron chi connectivity index (χ2n) is 2.91. The van der Waals surface area contributed by atoms with Crippen LogP contribution in [0.2, 0.25) is 0 Å². The first-order valence-corrected chi connectivity index (χ1v) is 5.72. The number of hydrogen-bond acceptors (Lipinski definition) is 1. The molecule has 0 saturated carbocycles. The molecule has 0 spiro atoms. The molecule has 0 aliphatic rings. The van der Waals surface area contributed by atoms with Crippen molar-refractivity contribution in [1.29, 1.82) is 0 Å². The molecule has 0 bridgehead atoms. The summed E-state index contributed by atoms with van der Waals surface area (Å²) in [6, 6.07) is 0. The molecule has 12 heavy (non-hydrogen) atoms. The normalized spacial score (nSPS) is 13.2. The minimum absolute atomic E-state index is 0.648. The summed E-state index contributed by atoms with van der Waals surface area (Å²) in [7, 11) is 0. The van der Waals surface area contributed by atoms with Gasteiger partial charge >= 0.3 is 0 Å². The van der Waals surface area contributed by atoms with Crippen LogP contribution in [0.4, 0.5) is 0 Å². The molecule has 4 heteroatoms. The molecule has 0 aliphatic heterocycles. The Bertz CT molecular complexity index is 120. The Morgan fingerprint density at radius 2 is 1.75 bits per heavy atom. The molecule has 0 heterocycles. The lowest BCUT2D eigenvalue weighted by atomic mass is 10.1. The second kappa shape index (κ2) is 9.16. The predicted octanol–water partition coefficient (Wildman–Crippen LogP) is 2.07. The molecule has 0 amide bonds. The van der Waals surface area contributed by atoms with Gasteiger partial charge in [-0.05, 0) is 6.42 Å². The largest absolute Gasteiger partial charge is 0.294 e. The summed E-state index contributed by atoms with van der Waals surface area (Å²) in [4.78, 5) is 0. The summed E-state index contributed by atoms with van der Waals surface area (Å²) in [5.41, 5.74) is 0. The van der Waals surface area contributed by atoms with Gasteiger partial charge in [-0.25, -0.2) is 8.93 Å². The van der Waals surface area contributed by atoms with E-state index in [0.717, 1.165) is 12.8 Å². The molecule has 0 aromatic rings. The Hall–Kier alpha value is 0.0700. The summed E-state index contributed by atoms with van der Waals surface area (Å²) in [6.45, 7) is 2.84. The molecule has 2 N–H and O–H groups in total. The van der Waals surface area contributed by atoms with Crippen LogP contribution in [0.25, 0.3) is 0 Å². The monoisotopic (exact) mass is 193 g/mol. The average molecular weight is 193 g/mol. The van der Waals surface area contributed by atoms with Crippen molar-refractivity contribution in [3.63, 3.8) is 0 Å². The Balaban J connectivity index is 2.86. The Labute approximate surface area is 77.4 Å². The third-order valence-electron chi connectivity index (χ3n) is 1.76. The summed E-state index contributed by atoms with van der Waals surface area (Å²) in [5, 5.41) is 0. The maximum absolute atomic E-state index is 10.1. The van der Waals surface area contributed by atoms with E-state index in [9.17, 15) is 4.21 Å². The first-order valence-electron chi connectivity index (χ1n) is 4.61. The average Bonchev–Trinajstić information content (AvgIpc) is 2.02. The molecule has 0 aromatic carbocycles.